The average Bonchev–Trinajstić information content (AvgIpc) is 2.43. The Morgan fingerprint density at radius 2 is 1.83 bits per heavy atom. The molecule has 2 rings (SSSR count). The van der Waals surface area contributed by atoms with Crippen LogP contribution < -0.4 is 0 Å². The van der Waals surface area contributed by atoms with E-state index in [1.54, 1.807) is 0 Å². The summed E-state index contributed by atoms with van der Waals surface area (Å²) in [6, 6.07) is -1.39. The number of H-pyrrole nitrogens is 1. The van der Waals surface area contributed by atoms with Crippen molar-refractivity contribution in [2.24, 2.45) is 0 Å². The molecule has 0 bridgehead atoms. The summed E-state index contributed by atoms with van der Waals surface area (Å²) in [4.78, 5) is 2.33. The topological polar surface area (TPSA) is 28.9 Å². The summed E-state index contributed by atoms with van der Waals surface area (Å²) in [6.07, 6.45) is 0. The standard InChI is InChI=1S/C7H4F3NO/c1-2-3(8)6-5(11-2)4(9)7(10)12-6/h11H,1H3. The molecule has 2 aromatic rings. The molecular weight excluding hydrogens is 171 g/mol. The van der Waals surface area contributed by atoms with Crippen molar-refractivity contribution in [1.82, 2.24) is 4.98 Å². The van der Waals surface area contributed by atoms with Gasteiger partial charge in [0.2, 0.25) is 5.82 Å². The molecule has 2 nitrogen and oxygen atoms in total. The van der Waals surface area contributed by atoms with Crippen molar-refractivity contribution in [3.8, 4) is 0 Å². The zero-order valence-corrected chi connectivity index (χ0v) is 6.04. The Labute approximate surface area is 65.0 Å². The fourth-order valence-electron chi connectivity index (χ4n) is 1.06. The first kappa shape index (κ1) is 7.27. The molecule has 64 valence electrons. The van der Waals surface area contributed by atoms with E-state index in [2.05, 4.69) is 9.40 Å². The number of nitrogens with one attached hydrogen (secondary N) is 1. The smallest absolute Gasteiger partial charge is 0.317 e. The number of fused-ring (bicyclic) bond motifs is 1. The largest absolute Gasteiger partial charge is 0.424 e. The molecule has 2 aromatic heterocycles. The minimum Gasteiger partial charge on any atom is -0.424 e. The quantitative estimate of drug-likeness (QED) is 0.654. The minimum atomic E-state index is -1.39. The van der Waals surface area contributed by atoms with Gasteiger partial charge in [-0.2, -0.15) is 8.78 Å². The van der Waals surface area contributed by atoms with Crippen LogP contribution in [0.2, 0.25) is 0 Å². The number of furan rings is 1. The number of rotatable bonds is 0. The summed E-state index contributed by atoms with van der Waals surface area (Å²) in [5, 5.41) is 0. The molecule has 0 unspecified atom stereocenters. The molecule has 1 N–H and O–H groups in total. The second-order valence-electron chi connectivity index (χ2n) is 2.46. The van der Waals surface area contributed by atoms with Crippen molar-refractivity contribution < 1.29 is 17.6 Å². The Kier molecular flexibility index (Phi) is 1.25. The molecule has 0 fully saturated rings. The lowest BCUT2D eigenvalue weighted by Crippen LogP contribution is -1.77. The summed E-state index contributed by atoms with van der Waals surface area (Å²) in [6.45, 7) is 1.40. The molecule has 0 atom stereocenters. The number of hydrogen-bond donors (Lipinski definition) is 1. The van der Waals surface area contributed by atoms with E-state index in [1.807, 2.05) is 0 Å². The van der Waals surface area contributed by atoms with Gasteiger partial charge in [-0.3, -0.25) is 0 Å². The third-order valence-electron chi connectivity index (χ3n) is 1.65. The molecule has 0 radical (unpaired) electrons. The Morgan fingerprint density at radius 1 is 1.17 bits per heavy atom. The Bertz CT molecular complexity index is 401. The SMILES string of the molecule is Cc1[nH]c2c(F)c(F)oc2c1F. The highest BCUT2D eigenvalue weighted by atomic mass is 19.2. The van der Waals surface area contributed by atoms with E-state index in [1.165, 1.54) is 6.92 Å². The molecule has 0 aliphatic carbocycles. The summed E-state index contributed by atoms with van der Waals surface area (Å²) in [5.41, 5.74) is -0.535. The van der Waals surface area contributed by atoms with Crippen molar-refractivity contribution in [3.05, 3.63) is 23.3 Å². The fraction of sp³-hybridized carbons (Fsp3) is 0.143. The van der Waals surface area contributed by atoms with Gasteiger partial charge in [0.1, 0.15) is 5.52 Å². The van der Waals surface area contributed by atoms with E-state index in [0.29, 0.717) is 0 Å². The first-order chi connectivity index (χ1) is 5.61. The van der Waals surface area contributed by atoms with Crippen LogP contribution >= 0.6 is 0 Å². The van der Waals surface area contributed by atoms with Crippen LogP contribution in [0.1, 0.15) is 5.69 Å². The monoisotopic (exact) mass is 175 g/mol. The highest BCUT2D eigenvalue weighted by Crippen LogP contribution is 2.26. The van der Waals surface area contributed by atoms with Gasteiger partial charge in [0, 0.05) is 0 Å². The summed E-state index contributed by atoms with van der Waals surface area (Å²) in [7, 11) is 0. The third-order valence-corrected chi connectivity index (χ3v) is 1.65. The molecule has 0 amide bonds. The van der Waals surface area contributed by atoms with Gasteiger partial charge in [-0.05, 0) is 6.92 Å². The maximum atomic E-state index is 12.9. The van der Waals surface area contributed by atoms with Gasteiger partial charge < -0.3 is 9.40 Å². The van der Waals surface area contributed by atoms with Crippen molar-refractivity contribution in [3.63, 3.8) is 0 Å². The first-order valence-electron chi connectivity index (χ1n) is 3.23. The van der Waals surface area contributed by atoms with Crippen LogP contribution in [-0.2, 0) is 0 Å². The van der Waals surface area contributed by atoms with E-state index >= 15 is 0 Å². The molecule has 12 heavy (non-hydrogen) atoms. The normalized spacial score (nSPS) is 11.3. The van der Waals surface area contributed by atoms with Gasteiger partial charge in [0.15, 0.2) is 11.4 Å². The van der Waals surface area contributed by atoms with Crippen LogP contribution in [0, 0.1) is 24.6 Å². The predicted molar refractivity (Wildman–Crippen MR) is 35.2 cm³/mol. The highest BCUT2D eigenvalue weighted by Gasteiger charge is 2.20. The van der Waals surface area contributed by atoms with Crippen molar-refractivity contribution in [1.29, 1.82) is 0 Å². The lowest BCUT2D eigenvalue weighted by molar-refractivity contribution is 0.337. The Balaban J connectivity index is 2.93. The van der Waals surface area contributed by atoms with E-state index in [9.17, 15) is 13.2 Å². The zero-order chi connectivity index (χ0) is 8.88. The summed E-state index contributed by atoms with van der Waals surface area (Å²) in [5.74, 6) is -1.94. The summed E-state index contributed by atoms with van der Waals surface area (Å²) < 4.78 is 42.1. The lowest BCUT2D eigenvalue weighted by Gasteiger charge is -1.82. The van der Waals surface area contributed by atoms with Crippen LogP contribution in [0.25, 0.3) is 11.1 Å². The molecule has 0 aromatic carbocycles. The molecule has 0 saturated carbocycles. The molecule has 0 saturated heterocycles. The lowest BCUT2D eigenvalue weighted by atomic mass is 10.4. The van der Waals surface area contributed by atoms with Gasteiger partial charge in [0.05, 0.1) is 5.69 Å². The van der Waals surface area contributed by atoms with Gasteiger partial charge in [0.25, 0.3) is 0 Å². The molecule has 5 heteroatoms. The molecular formula is C7H4F3NO. The van der Waals surface area contributed by atoms with Crippen molar-refractivity contribution in [2.45, 2.75) is 6.92 Å². The minimum absolute atomic E-state index is 0.127. The van der Waals surface area contributed by atoms with Gasteiger partial charge >= 0.3 is 6.01 Å². The van der Waals surface area contributed by atoms with Crippen LogP contribution in [0.15, 0.2) is 4.42 Å². The Hall–Kier alpha value is -1.39. The third kappa shape index (κ3) is 0.704. The number of hydrogen-bond acceptors (Lipinski definition) is 1. The van der Waals surface area contributed by atoms with E-state index < -0.39 is 23.2 Å². The molecule has 0 spiro atoms. The second kappa shape index (κ2) is 2.06. The number of halogens is 3. The maximum Gasteiger partial charge on any atom is 0.317 e. The number of aromatic nitrogens is 1. The van der Waals surface area contributed by atoms with Crippen molar-refractivity contribution >= 4 is 11.1 Å². The van der Waals surface area contributed by atoms with Crippen LogP contribution in [-0.4, -0.2) is 4.98 Å². The molecule has 0 aliphatic heterocycles. The maximum absolute atomic E-state index is 12.9. The average molecular weight is 175 g/mol. The highest BCUT2D eigenvalue weighted by molar-refractivity contribution is 5.75. The van der Waals surface area contributed by atoms with Crippen LogP contribution in [0.3, 0.4) is 0 Å². The van der Waals surface area contributed by atoms with E-state index in [4.69, 9.17) is 0 Å². The predicted octanol–water partition coefficient (Wildman–Crippen LogP) is 2.49. The molecule has 0 aliphatic rings. The zero-order valence-electron chi connectivity index (χ0n) is 6.04. The second-order valence-corrected chi connectivity index (χ2v) is 2.46. The van der Waals surface area contributed by atoms with Crippen LogP contribution in [0.5, 0.6) is 0 Å². The summed E-state index contributed by atoms with van der Waals surface area (Å²) >= 11 is 0. The number of aromatic amines is 1. The first-order valence-corrected chi connectivity index (χ1v) is 3.23. The van der Waals surface area contributed by atoms with E-state index in [0.717, 1.165) is 0 Å². The van der Waals surface area contributed by atoms with Gasteiger partial charge in [-0.25, -0.2) is 4.39 Å². The van der Waals surface area contributed by atoms with Gasteiger partial charge in [-0.1, -0.05) is 0 Å². The van der Waals surface area contributed by atoms with Crippen LogP contribution in [0.4, 0.5) is 13.2 Å². The number of aryl methyl sites for hydroxylation is 1. The van der Waals surface area contributed by atoms with Gasteiger partial charge in [-0.15, -0.1) is 0 Å². The van der Waals surface area contributed by atoms with E-state index in [-0.39, 0.29) is 11.2 Å². The van der Waals surface area contributed by atoms with Crippen molar-refractivity contribution in [2.75, 3.05) is 0 Å². The fourth-order valence-corrected chi connectivity index (χ4v) is 1.06. The molecule has 2 heterocycles. The Morgan fingerprint density at radius 3 is 2.42 bits per heavy atom.